The molecule has 0 spiro atoms. The molecule has 0 saturated carbocycles. The molecule has 2 aromatic carbocycles. The highest BCUT2D eigenvalue weighted by molar-refractivity contribution is 6.30. The summed E-state index contributed by atoms with van der Waals surface area (Å²) in [5, 5.41) is 19.6. The predicted octanol–water partition coefficient (Wildman–Crippen LogP) is 3.87. The van der Waals surface area contributed by atoms with Gasteiger partial charge in [0.1, 0.15) is 23.2 Å². The molecule has 3 heterocycles. The van der Waals surface area contributed by atoms with Crippen LogP contribution in [0.15, 0.2) is 48.2 Å². The van der Waals surface area contributed by atoms with Gasteiger partial charge in [0.05, 0.1) is 34.9 Å². The average Bonchev–Trinajstić information content (AvgIpc) is 3.33. The number of fused-ring (bicyclic) bond motifs is 1. The minimum Gasteiger partial charge on any atom is -0.509 e. The van der Waals surface area contributed by atoms with E-state index in [1.807, 2.05) is 44.2 Å². The van der Waals surface area contributed by atoms with Crippen molar-refractivity contribution in [3.63, 3.8) is 0 Å². The Hall–Kier alpha value is -3.52. The fourth-order valence-corrected chi connectivity index (χ4v) is 4.45. The number of aromatic nitrogens is 2. The highest BCUT2D eigenvalue weighted by Gasteiger charge is 2.33. The lowest BCUT2D eigenvalue weighted by Gasteiger charge is -2.34. The quantitative estimate of drug-likeness (QED) is 0.551. The van der Waals surface area contributed by atoms with Crippen molar-refractivity contribution in [3.8, 4) is 5.75 Å². The van der Waals surface area contributed by atoms with Crippen molar-refractivity contribution in [3.05, 3.63) is 54.0 Å². The fraction of sp³-hybridized carbons (Fsp3) is 0.360. The predicted molar refractivity (Wildman–Crippen MR) is 133 cm³/mol. The third-order valence-corrected chi connectivity index (χ3v) is 6.19. The smallest absolute Gasteiger partial charge is 0.145 e. The van der Waals surface area contributed by atoms with E-state index in [2.05, 4.69) is 34.0 Å². The van der Waals surface area contributed by atoms with Gasteiger partial charge >= 0.3 is 0 Å². The second kappa shape index (κ2) is 8.44. The lowest BCUT2D eigenvalue weighted by atomic mass is 10.2. The van der Waals surface area contributed by atoms with Crippen LogP contribution in [0.25, 0.3) is 16.6 Å². The minimum absolute atomic E-state index is 0.00818. The number of ether oxygens (including phenoxy) is 1. The third-order valence-electron chi connectivity index (χ3n) is 6.19. The lowest BCUT2D eigenvalue weighted by Crippen LogP contribution is -2.44. The van der Waals surface area contributed by atoms with Crippen molar-refractivity contribution >= 4 is 33.8 Å². The number of likely N-dealkylation sites (N-methyl/N-ethyl adjacent to an activating group) is 1. The molecule has 3 aromatic rings. The van der Waals surface area contributed by atoms with Gasteiger partial charge in [-0.3, -0.25) is 5.41 Å². The summed E-state index contributed by atoms with van der Waals surface area (Å²) in [4.78, 5) is 14.5. The highest BCUT2D eigenvalue weighted by atomic mass is 16.5. The van der Waals surface area contributed by atoms with Crippen molar-refractivity contribution < 1.29 is 9.84 Å². The molecule has 3 N–H and O–H groups in total. The van der Waals surface area contributed by atoms with E-state index in [1.165, 1.54) is 0 Å². The second-order valence-corrected chi connectivity index (χ2v) is 8.97. The van der Waals surface area contributed by atoms with Gasteiger partial charge in [-0.2, -0.15) is 0 Å². The molecule has 2 aliphatic rings. The number of hydrogen-bond acceptors (Lipinski definition) is 6. The Bertz CT molecular complexity index is 1220. The van der Waals surface area contributed by atoms with Gasteiger partial charge in [0.2, 0.25) is 0 Å². The van der Waals surface area contributed by atoms with Gasteiger partial charge in [0.25, 0.3) is 0 Å². The summed E-state index contributed by atoms with van der Waals surface area (Å²) < 4.78 is 5.94. The molecule has 1 saturated heterocycles. The molecule has 1 aromatic heterocycles. The van der Waals surface area contributed by atoms with Crippen LogP contribution in [0.3, 0.4) is 0 Å². The van der Waals surface area contributed by atoms with Crippen LogP contribution in [-0.2, 0) is 0 Å². The van der Waals surface area contributed by atoms with E-state index in [-0.39, 0.29) is 24.2 Å². The zero-order valence-corrected chi connectivity index (χ0v) is 19.3. The van der Waals surface area contributed by atoms with Crippen LogP contribution in [0, 0.1) is 5.41 Å². The van der Waals surface area contributed by atoms with Gasteiger partial charge in [-0.15, -0.1) is 0 Å². The molecule has 8 heteroatoms. The first-order valence-electron chi connectivity index (χ1n) is 11.4. The number of aliphatic hydroxyl groups excluding tert-OH is 1. The molecule has 0 atom stereocenters. The Balaban J connectivity index is 1.43. The van der Waals surface area contributed by atoms with E-state index in [0.717, 1.165) is 48.6 Å². The minimum atomic E-state index is 0.00818. The first-order chi connectivity index (χ1) is 15.9. The van der Waals surface area contributed by atoms with Crippen molar-refractivity contribution in [2.45, 2.75) is 20.0 Å². The van der Waals surface area contributed by atoms with Gasteiger partial charge in [0.15, 0.2) is 0 Å². The number of aliphatic hydroxyl groups is 1. The molecule has 0 amide bonds. The fourth-order valence-electron chi connectivity index (χ4n) is 4.45. The molecular weight excluding hydrogens is 416 g/mol. The summed E-state index contributed by atoms with van der Waals surface area (Å²) in [5.74, 6) is 1.52. The van der Waals surface area contributed by atoms with Crippen LogP contribution in [0.2, 0.25) is 0 Å². The molecule has 2 aliphatic heterocycles. The summed E-state index contributed by atoms with van der Waals surface area (Å²) in [7, 11) is 2.15. The maximum absolute atomic E-state index is 10.8. The number of H-pyrrole nitrogens is 1. The van der Waals surface area contributed by atoms with Crippen molar-refractivity contribution in [2.24, 2.45) is 0 Å². The van der Waals surface area contributed by atoms with Crippen LogP contribution in [0.4, 0.5) is 11.4 Å². The molecular formula is C25H30N6O2. The van der Waals surface area contributed by atoms with Gasteiger partial charge in [-0.05, 0) is 51.2 Å². The van der Waals surface area contributed by atoms with Crippen LogP contribution in [-0.4, -0.2) is 71.7 Å². The molecule has 0 unspecified atom stereocenters. The Morgan fingerprint density at radius 2 is 1.85 bits per heavy atom. The molecule has 1 fully saturated rings. The summed E-state index contributed by atoms with van der Waals surface area (Å²) >= 11 is 0. The largest absolute Gasteiger partial charge is 0.509 e. The molecule has 0 bridgehead atoms. The van der Waals surface area contributed by atoms with Crippen LogP contribution < -0.4 is 14.5 Å². The topological polar surface area (TPSA) is 91.7 Å². The normalized spacial score (nSPS) is 17.6. The summed E-state index contributed by atoms with van der Waals surface area (Å²) in [6.07, 6.45) is 0.00818. The van der Waals surface area contributed by atoms with Crippen molar-refractivity contribution in [1.82, 2.24) is 14.9 Å². The standard InChI is InChI=1S/C25H30N6O2/c1-16(2)33-22-7-5-4-6-20(22)31-15-21(32)23(24(31)26)25-27-18-9-8-17(14-19(18)28-25)30-12-10-29(3)11-13-30/h4-9,14,16,26,32H,10-13,15H2,1-3H3,(H,27,28). The molecule has 0 radical (unpaired) electrons. The maximum atomic E-state index is 10.8. The maximum Gasteiger partial charge on any atom is 0.145 e. The zero-order valence-electron chi connectivity index (χ0n) is 19.3. The number of imidazole rings is 1. The Kier molecular flexibility index (Phi) is 5.46. The number of anilines is 2. The zero-order chi connectivity index (χ0) is 23.1. The number of piperazine rings is 1. The van der Waals surface area contributed by atoms with E-state index < -0.39 is 0 Å². The number of rotatable bonds is 5. The lowest BCUT2D eigenvalue weighted by molar-refractivity contribution is 0.243. The van der Waals surface area contributed by atoms with E-state index in [4.69, 9.17) is 15.1 Å². The van der Waals surface area contributed by atoms with Crippen molar-refractivity contribution in [2.75, 3.05) is 49.6 Å². The van der Waals surface area contributed by atoms with E-state index in [9.17, 15) is 5.11 Å². The van der Waals surface area contributed by atoms with Crippen LogP contribution in [0.1, 0.15) is 19.7 Å². The number of nitrogens with one attached hydrogen (secondary N) is 2. The average molecular weight is 447 g/mol. The number of hydrogen-bond donors (Lipinski definition) is 3. The van der Waals surface area contributed by atoms with Gasteiger partial charge in [0, 0.05) is 31.9 Å². The Labute approximate surface area is 193 Å². The summed E-state index contributed by atoms with van der Waals surface area (Å²) in [5.41, 5.74) is 4.05. The van der Waals surface area contributed by atoms with Crippen LogP contribution in [0.5, 0.6) is 5.75 Å². The van der Waals surface area contributed by atoms with E-state index in [1.54, 1.807) is 4.90 Å². The number of aromatic amines is 1. The first kappa shape index (κ1) is 21.3. The van der Waals surface area contributed by atoms with Gasteiger partial charge in [-0.1, -0.05) is 12.1 Å². The third kappa shape index (κ3) is 4.02. The molecule has 0 aliphatic carbocycles. The number of amidine groups is 1. The monoisotopic (exact) mass is 446 g/mol. The molecule has 172 valence electrons. The summed E-state index contributed by atoms with van der Waals surface area (Å²) in [6.45, 7) is 8.22. The first-order valence-corrected chi connectivity index (χ1v) is 11.4. The Morgan fingerprint density at radius 3 is 2.61 bits per heavy atom. The molecule has 8 nitrogen and oxygen atoms in total. The molecule has 33 heavy (non-hydrogen) atoms. The van der Waals surface area contributed by atoms with Crippen LogP contribution >= 0.6 is 0 Å². The van der Waals surface area contributed by atoms with E-state index in [0.29, 0.717) is 17.1 Å². The SMILES string of the molecule is CC(C)Oc1ccccc1N1CC(O)=C(c2nc3ccc(N4CCN(C)CC4)cc3[nH]2)C1=N. The Morgan fingerprint density at radius 1 is 1.09 bits per heavy atom. The summed E-state index contributed by atoms with van der Waals surface area (Å²) in [6, 6.07) is 13.8. The highest BCUT2D eigenvalue weighted by Crippen LogP contribution is 2.36. The second-order valence-electron chi connectivity index (χ2n) is 8.97. The number of benzene rings is 2. The number of nitrogens with zero attached hydrogens (tertiary/aromatic N) is 4. The van der Waals surface area contributed by atoms with E-state index >= 15 is 0 Å². The van der Waals surface area contributed by atoms with Gasteiger partial charge < -0.3 is 29.5 Å². The molecule has 5 rings (SSSR count). The van der Waals surface area contributed by atoms with Crippen molar-refractivity contribution in [1.29, 1.82) is 5.41 Å². The number of para-hydroxylation sites is 2. The van der Waals surface area contributed by atoms with Gasteiger partial charge in [-0.25, -0.2) is 4.98 Å².